The highest BCUT2D eigenvalue weighted by atomic mass is 32.2. The van der Waals surface area contributed by atoms with E-state index in [1.54, 1.807) is 31.6 Å². The molecular weight excluding hydrogens is 514 g/mol. The van der Waals surface area contributed by atoms with Crippen molar-refractivity contribution in [3.63, 3.8) is 0 Å². The Hall–Kier alpha value is -3.97. The molecule has 13 heteroatoms. The van der Waals surface area contributed by atoms with Gasteiger partial charge in [-0.1, -0.05) is 11.8 Å². The zero-order valence-electron chi connectivity index (χ0n) is 21.0. The van der Waals surface area contributed by atoms with Gasteiger partial charge in [0.1, 0.15) is 12.1 Å². The van der Waals surface area contributed by atoms with Crippen LogP contribution in [-0.4, -0.2) is 55.6 Å². The van der Waals surface area contributed by atoms with Crippen molar-refractivity contribution in [1.82, 2.24) is 24.9 Å². The van der Waals surface area contributed by atoms with Crippen LogP contribution in [0.1, 0.15) is 18.3 Å². The van der Waals surface area contributed by atoms with Crippen molar-refractivity contribution in [2.75, 3.05) is 26.1 Å². The largest absolute Gasteiger partial charge is 0.468 e. The first kappa shape index (κ1) is 27.1. The van der Waals surface area contributed by atoms with Gasteiger partial charge in [0.25, 0.3) is 0 Å². The first-order valence-corrected chi connectivity index (χ1v) is 12.3. The van der Waals surface area contributed by atoms with Crippen LogP contribution in [0.4, 0.5) is 20.3 Å². The number of thioether (sulfide) groups is 1. The Morgan fingerprint density at radius 2 is 1.95 bits per heavy atom. The van der Waals surface area contributed by atoms with Crippen LogP contribution >= 0.6 is 11.8 Å². The number of fused-ring (bicyclic) bond motifs is 1. The Morgan fingerprint density at radius 1 is 1.16 bits per heavy atom. The van der Waals surface area contributed by atoms with E-state index in [0.717, 1.165) is 6.07 Å². The van der Waals surface area contributed by atoms with Crippen LogP contribution in [0.3, 0.4) is 0 Å². The van der Waals surface area contributed by atoms with Gasteiger partial charge in [0.05, 0.1) is 18.3 Å². The Labute approximate surface area is 222 Å². The van der Waals surface area contributed by atoms with E-state index in [9.17, 15) is 8.78 Å². The van der Waals surface area contributed by atoms with Gasteiger partial charge >= 0.3 is 0 Å². The maximum absolute atomic E-state index is 14.8. The molecule has 0 aliphatic rings. The summed E-state index contributed by atoms with van der Waals surface area (Å²) in [6.45, 7) is 2.22. The molecule has 4 aromatic rings. The van der Waals surface area contributed by atoms with Crippen LogP contribution in [0.2, 0.25) is 0 Å². The molecule has 3 aromatic heterocycles. The average Bonchev–Trinajstić information content (AvgIpc) is 2.91. The first-order valence-electron chi connectivity index (χ1n) is 11.5. The van der Waals surface area contributed by atoms with Crippen molar-refractivity contribution in [1.29, 1.82) is 0 Å². The number of benzene rings is 1. The second-order valence-electron chi connectivity index (χ2n) is 8.47. The van der Waals surface area contributed by atoms with E-state index in [2.05, 4.69) is 35.2 Å². The van der Waals surface area contributed by atoms with Gasteiger partial charge in [0.15, 0.2) is 28.4 Å². The summed E-state index contributed by atoms with van der Waals surface area (Å²) in [5.41, 5.74) is 7.26. The molecule has 0 unspecified atom stereocenters. The molecule has 3 heterocycles. The maximum Gasteiger partial charge on any atom is 0.233 e. The van der Waals surface area contributed by atoms with E-state index in [0.29, 0.717) is 33.5 Å². The lowest BCUT2D eigenvalue weighted by molar-refractivity contribution is 0.173. The topological polar surface area (TPSA) is 133 Å². The molecule has 10 nitrogen and oxygen atoms in total. The summed E-state index contributed by atoms with van der Waals surface area (Å²) in [6, 6.07) is 5.97. The van der Waals surface area contributed by atoms with Crippen molar-refractivity contribution in [2.45, 2.75) is 24.7 Å². The monoisotopic (exact) mass is 540 g/mol. The number of aliphatic imine (C=N–C) groups is 1. The third-order valence-electron chi connectivity index (χ3n) is 5.36. The third-order valence-corrected chi connectivity index (χ3v) is 6.50. The van der Waals surface area contributed by atoms with E-state index < -0.39 is 16.4 Å². The van der Waals surface area contributed by atoms with Crippen LogP contribution in [0.25, 0.3) is 11.0 Å². The molecule has 0 spiro atoms. The minimum absolute atomic E-state index is 0.130. The molecule has 3 N–H and O–H groups in total. The number of pyridine rings is 1. The van der Waals surface area contributed by atoms with Gasteiger partial charge in [-0.2, -0.15) is 0 Å². The number of methoxy groups -OCH3 is 1. The fourth-order valence-electron chi connectivity index (χ4n) is 3.74. The van der Waals surface area contributed by atoms with Crippen molar-refractivity contribution in [3.05, 3.63) is 72.1 Å². The molecule has 0 aliphatic heterocycles. The Morgan fingerprint density at radius 3 is 2.68 bits per heavy atom. The van der Waals surface area contributed by atoms with E-state index in [-0.39, 0.29) is 31.1 Å². The molecule has 0 amide bonds. The SMILES string of the molecule is C/N=C(/N)S[C@@](C)(COC)Cc1cc(Nc2nccc3nc(OCc4ncccn4)cnc23)cc(F)c1F. The number of nitrogens with zero attached hydrogens (tertiary/aromatic N) is 6. The predicted molar refractivity (Wildman–Crippen MR) is 142 cm³/mol. The van der Waals surface area contributed by atoms with Crippen LogP contribution in [0.5, 0.6) is 5.88 Å². The van der Waals surface area contributed by atoms with Crippen molar-refractivity contribution in [3.8, 4) is 5.88 Å². The molecule has 198 valence electrons. The number of hydrogen-bond donors (Lipinski definition) is 2. The van der Waals surface area contributed by atoms with Gasteiger partial charge in [-0.15, -0.1) is 0 Å². The highest BCUT2D eigenvalue weighted by molar-refractivity contribution is 8.15. The summed E-state index contributed by atoms with van der Waals surface area (Å²) >= 11 is 1.24. The lowest BCUT2D eigenvalue weighted by Crippen LogP contribution is -2.33. The standard InChI is InChI=1S/C25H26F2N8O2S/c1-25(14-36-3,38-24(28)29-2)11-15-9-16(10-17(26)21(15)27)34-23-22-18(5-8-32-23)35-20(12-33-22)37-13-19-30-6-4-7-31-19/h4-10,12H,11,13-14H2,1-3H3,(H2,28,29)(H,32,34)/t25-/m1/s1. The lowest BCUT2D eigenvalue weighted by atomic mass is 9.99. The highest BCUT2D eigenvalue weighted by Gasteiger charge is 2.29. The van der Waals surface area contributed by atoms with Crippen LogP contribution in [-0.2, 0) is 17.8 Å². The minimum atomic E-state index is -1.00. The van der Waals surface area contributed by atoms with Gasteiger partial charge in [-0.3, -0.25) is 4.99 Å². The smallest absolute Gasteiger partial charge is 0.233 e. The molecule has 0 saturated carbocycles. The second kappa shape index (κ2) is 12.0. The zero-order chi connectivity index (χ0) is 27.1. The van der Waals surface area contributed by atoms with Crippen molar-refractivity contribution >= 4 is 39.5 Å². The summed E-state index contributed by atoms with van der Waals surface area (Å²) in [5, 5.41) is 3.35. The van der Waals surface area contributed by atoms with Crippen molar-refractivity contribution < 1.29 is 18.3 Å². The Balaban J connectivity index is 1.58. The van der Waals surface area contributed by atoms with E-state index in [4.69, 9.17) is 15.2 Å². The van der Waals surface area contributed by atoms with Gasteiger partial charge in [0.2, 0.25) is 5.88 Å². The van der Waals surface area contributed by atoms with Crippen LogP contribution < -0.4 is 15.8 Å². The summed E-state index contributed by atoms with van der Waals surface area (Å²) in [4.78, 5) is 25.3. The number of ether oxygens (including phenoxy) is 2. The summed E-state index contributed by atoms with van der Waals surface area (Å²) < 4.78 is 39.7. The number of aromatic nitrogens is 5. The number of rotatable bonds is 10. The van der Waals surface area contributed by atoms with Gasteiger partial charge < -0.3 is 20.5 Å². The van der Waals surface area contributed by atoms with Gasteiger partial charge in [-0.05, 0) is 37.1 Å². The molecular formula is C25H26F2N8O2S. The van der Waals surface area contributed by atoms with E-state index in [1.165, 1.54) is 37.3 Å². The molecule has 0 fully saturated rings. The number of hydrogen-bond acceptors (Lipinski definition) is 10. The number of nitrogens with one attached hydrogen (secondary N) is 1. The van der Waals surface area contributed by atoms with Gasteiger partial charge in [-0.25, -0.2) is 33.7 Å². The third kappa shape index (κ3) is 6.66. The molecule has 0 radical (unpaired) electrons. The van der Waals surface area contributed by atoms with Crippen molar-refractivity contribution in [2.24, 2.45) is 10.7 Å². The van der Waals surface area contributed by atoms with E-state index in [1.807, 2.05) is 6.92 Å². The Bertz CT molecular complexity index is 1440. The number of nitrogens with two attached hydrogens (primary N) is 1. The molecule has 4 rings (SSSR count). The minimum Gasteiger partial charge on any atom is -0.468 e. The fraction of sp³-hybridized carbons (Fsp3) is 0.280. The molecule has 0 saturated heterocycles. The highest BCUT2D eigenvalue weighted by Crippen LogP contribution is 2.33. The summed E-state index contributed by atoms with van der Waals surface area (Å²) in [6.07, 6.45) is 6.35. The van der Waals surface area contributed by atoms with E-state index >= 15 is 0 Å². The quantitative estimate of drug-likeness (QED) is 0.224. The lowest BCUT2D eigenvalue weighted by Gasteiger charge is -2.28. The average molecular weight is 541 g/mol. The number of amidine groups is 1. The zero-order valence-corrected chi connectivity index (χ0v) is 21.8. The molecule has 1 atom stereocenters. The fourth-order valence-corrected chi connectivity index (χ4v) is 4.74. The summed E-state index contributed by atoms with van der Waals surface area (Å²) in [7, 11) is 3.10. The first-order chi connectivity index (χ1) is 18.3. The molecule has 0 bridgehead atoms. The van der Waals surface area contributed by atoms with Crippen LogP contribution in [0.15, 0.2) is 54.0 Å². The molecule has 0 aliphatic carbocycles. The molecule has 38 heavy (non-hydrogen) atoms. The number of halogens is 2. The van der Waals surface area contributed by atoms with Gasteiger partial charge in [0, 0.05) is 49.2 Å². The molecule has 1 aromatic carbocycles. The second-order valence-corrected chi connectivity index (χ2v) is 10.1. The maximum atomic E-state index is 14.8. The number of anilines is 2. The van der Waals surface area contributed by atoms with Crippen LogP contribution in [0, 0.1) is 11.6 Å². The Kier molecular flexibility index (Phi) is 8.59. The normalized spacial score (nSPS) is 13.3. The summed E-state index contributed by atoms with van der Waals surface area (Å²) in [5.74, 6) is -0.842. The predicted octanol–water partition coefficient (Wildman–Crippen LogP) is 4.04.